The number of aliphatic hydroxyl groups excluding tert-OH is 2. The molecule has 0 aliphatic heterocycles. The molecular formula is C15H14N2O4. The van der Waals surface area contributed by atoms with E-state index in [0.717, 1.165) is 17.1 Å². The van der Waals surface area contributed by atoms with Gasteiger partial charge in [0.15, 0.2) is 0 Å². The molecule has 2 rings (SSSR count). The summed E-state index contributed by atoms with van der Waals surface area (Å²) in [6.07, 6.45) is 0.938. The van der Waals surface area contributed by atoms with E-state index < -0.39 is 17.3 Å². The molecule has 0 unspecified atom stereocenters. The molecule has 0 atom stereocenters. The number of carbonyl (C=O) groups is 1. The van der Waals surface area contributed by atoms with Crippen LogP contribution in [0.3, 0.4) is 0 Å². The van der Waals surface area contributed by atoms with E-state index in [1.165, 1.54) is 0 Å². The van der Waals surface area contributed by atoms with Gasteiger partial charge in [-0.25, -0.2) is 9.78 Å². The minimum atomic E-state index is -1.38. The first-order valence-corrected chi connectivity index (χ1v) is 6.08. The molecule has 0 aliphatic carbocycles. The van der Waals surface area contributed by atoms with Crippen LogP contribution in [0.4, 0.5) is 0 Å². The van der Waals surface area contributed by atoms with Crippen LogP contribution in [0.25, 0.3) is 16.6 Å². The summed E-state index contributed by atoms with van der Waals surface area (Å²) in [6.45, 7) is 4.73. The van der Waals surface area contributed by atoms with E-state index in [2.05, 4.69) is 16.5 Å². The number of para-hydroxylation sites is 2. The van der Waals surface area contributed by atoms with Crippen LogP contribution in [-0.4, -0.2) is 31.3 Å². The van der Waals surface area contributed by atoms with Gasteiger partial charge in [-0.2, -0.15) is 0 Å². The van der Waals surface area contributed by atoms with Gasteiger partial charge in [0.1, 0.15) is 22.9 Å². The normalized spacial score (nSPS) is 13.1. The Labute approximate surface area is 120 Å². The van der Waals surface area contributed by atoms with Gasteiger partial charge >= 0.3 is 5.97 Å². The Morgan fingerprint density at radius 3 is 2.52 bits per heavy atom. The van der Waals surface area contributed by atoms with Crippen LogP contribution in [0.5, 0.6) is 0 Å². The quantitative estimate of drug-likeness (QED) is 0.393. The fourth-order valence-corrected chi connectivity index (χ4v) is 1.77. The van der Waals surface area contributed by atoms with Crippen LogP contribution in [-0.2, 0) is 4.79 Å². The van der Waals surface area contributed by atoms with E-state index in [1.807, 2.05) is 24.3 Å². The lowest BCUT2D eigenvalue weighted by Crippen LogP contribution is -2.03. The first-order valence-electron chi connectivity index (χ1n) is 6.08. The second kappa shape index (κ2) is 5.54. The van der Waals surface area contributed by atoms with E-state index in [0.29, 0.717) is 11.4 Å². The number of imidazole rings is 1. The van der Waals surface area contributed by atoms with Gasteiger partial charge < -0.3 is 20.3 Å². The Bertz CT molecular complexity index is 735. The molecule has 0 amide bonds. The third-order valence-electron chi connectivity index (χ3n) is 2.95. The fraction of sp³-hybridized carbons (Fsp3) is 0.0667. The third-order valence-corrected chi connectivity index (χ3v) is 2.95. The molecule has 1 heterocycles. The third kappa shape index (κ3) is 2.94. The number of aliphatic carboxylic acids is 1. The second-order valence-electron chi connectivity index (χ2n) is 4.42. The summed E-state index contributed by atoms with van der Waals surface area (Å²) in [7, 11) is 0. The molecule has 0 saturated heterocycles. The highest BCUT2D eigenvalue weighted by Gasteiger charge is 2.14. The summed E-state index contributed by atoms with van der Waals surface area (Å²) in [5.41, 5.74) is 1.40. The number of allylic oxidation sites excluding steroid dienone is 2. The average molecular weight is 286 g/mol. The second-order valence-corrected chi connectivity index (χ2v) is 4.42. The molecule has 0 radical (unpaired) electrons. The zero-order chi connectivity index (χ0) is 15.6. The Morgan fingerprint density at radius 1 is 1.29 bits per heavy atom. The number of aromatic amines is 1. The molecule has 2 aromatic rings. The van der Waals surface area contributed by atoms with Crippen LogP contribution in [0.2, 0.25) is 0 Å². The lowest BCUT2D eigenvalue weighted by molar-refractivity contribution is -0.132. The van der Waals surface area contributed by atoms with Crippen molar-refractivity contribution in [2.45, 2.75) is 6.92 Å². The molecule has 0 saturated carbocycles. The number of hydrogen-bond donors (Lipinski definition) is 4. The molecule has 108 valence electrons. The van der Waals surface area contributed by atoms with Crippen molar-refractivity contribution in [2.75, 3.05) is 0 Å². The molecule has 1 aromatic heterocycles. The standard InChI is InChI=1S/C15H14N2O4/c1-8(13(19)7-10(9(2)18)15(20)21)14-16-11-5-3-4-6-12(11)17-14/h3-7,18-19H,2H2,1H3,(H,16,17)(H,20,21)/b10-7+,13-8-. The Hall–Kier alpha value is -3.02. The number of nitrogens with one attached hydrogen (secondary N) is 1. The summed E-state index contributed by atoms with van der Waals surface area (Å²) in [6, 6.07) is 7.34. The van der Waals surface area contributed by atoms with Gasteiger partial charge in [-0.3, -0.25) is 0 Å². The van der Waals surface area contributed by atoms with E-state index in [4.69, 9.17) is 5.11 Å². The smallest absolute Gasteiger partial charge is 0.339 e. The molecule has 0 bridgehead atoms. The highest BCUT2D eigenvalue weighted by atomic mass is 16.4. The topological polar surface area (TPSA) is 106 Å². The van der Waals surface area contributed by atoms with Crippen molar-refractivity contribution in [1.82, 2.24) is 9.97 Å². The van der Waals surface area contributed by atoms with Crippen LogP contribution in [0.15, 0.2) is 54.0 Å². The number of hydrogen-bond acceptors (Lipinski definition) is 4. The maximum absolute atomic E-state index is 10.9. The van der Waals surface area contributed by atoms with Crippen molar-refractivity contribution in [1.29, 1.82) is 0 Å². The van der Waals surface area contributed by atoms with Crippen molar-refractivity contribution in [3.05, 3.63) is 59.8 Å². The molecule has 6 heteroatoms. The lowest BCUT2D eigenvalue weighted by atomic mass is 10.1. The zero-order valence-corrected chi connectivity index (χ0v) is 11.3. The number of carboxylic acids is 1. The van der Waals surface area contributed by atoms with Crippen molar-refractivity contribution in [3.8, 4) is 0 Å². The van der Waals surface area contributed by atoms with Gasteiger partial charge in [0.25, 0.3) is 0 Å². The molecule has 1 aromatic carbocycles. The minimum absolute atomic E-state index is 0.318. The molecule has 6 nitrogen and oxygen atoms in total. The van der Waals surface area contributed by atoms with Gasteiger partial charge in [-0.05, 0) is 25.1 Å². The van der Waals surface area contributed by atoms with Crippen LogP contribution >= 0.6 is 0 Å². The van der Waals surface area contributed by atoms with Crippen molar-refractivity contribution < 1.29 is 20.1 Å². The SMILES string of the molecule is C=C(O)/C(=C\C(O)=C(/C)c1nc2ccccc2[nH]1)C(=O)O. The number of carboxylic acid groups (broad SMARTS) is 1. The van der Waals surface area contributed by atoms with Gasteiger partial charge in [-0.1, -0.05) is 18.7 Å². The number of rotatable bonds is 4. The molecule has 4 N–H and O–H groups in total. The number of aromatic nitrogens is 2. The van der Waals surface area contributed by atoms with Crippen molar-refractivity contribution >= 4 is 22.6 Å². The lowest BCUT2D eigenvalue weighted by Gasteiger charge is -2.02. The first-order chi connectivity index (χ1) is 9.90. The van der Waals surface area contributed by atoms with Crippen molar-refractivity contribution in [2.24, 2.45) is 0 Å². The minimum Gasteiger partial charge on any atom is -0.508 e. The average Bonchev–Trinajstić information content (AvgIpc) is 2.86. The maximum Gasteiger partial charge on any atom is 0.339 e. The van der Waals surface area contributed by atoms with Gasteiger partial charge in [0, 0.05) is 5.57 Å². The summed E-state index contributed by atoms with van der Waals surface area (Å²) >= 11 is 0. The van der Waals surface area contributed by atoms with Gasteiger partial charge in [-0.15, -0.1) is 0 Å². The molecule has 21 heavy (non-hydrogen) atoms. The summed E-state index contributed by atoms with van der Waals surface area (Å²) < 4.78 is 0. The van der Waals surface area contributed by atoms with Crippen molar-refractivity contribution in [3.63, 3.8) is 0 Å². The molecular weight excluding hydrogens is 272 g/mol. The number of benzene rings is 1. The van der Waals surface area contributed by atoms with E-state index in [-0.39, 0.29) is 5.76 Å². The van der Waals surface area contributed by atoms with E-state index >= 15 is 0 Å². The summed E-state index contributed by atoms with van der Waals surface area (Å²) in [4.78, 5) is 18.2. The summed E-state index contributed by atoms with van der Waals surface area (Å²) in [5, 5.41) is 28.1. The highest BCUT2D eigenvalue weighted by molar-refractivity contribution is 5.91. The fourth-order valence-electron chi connectivity index (χ4n) is 1.77. The first kappa shape index (κ1) is 14.4. The van der Waals surface area contributed by atoms with Gasteiger partial charge in [0.2, 0.25) is 0 Å². The zero-order valence-electron chi connectivity index (χ0n) is 11.3. The van der Waals surface area contributed by atoms with Gasteiger partial charge in [0.05, 0.1) is 11.0 Å². The van der Waals surface area contributed by atoms with Crippen LogP contribution in [0, 0.1) is 0 Å². The van der Waals surface area contributed by atoms with E-state index in [1.54, 1.807) is 6.92 Å². The Balaban J connectivity index is 2.48. The Morgan fingerprint density at radius 2 is 1.95 bits per heavy atom. The predicted molar refractivity (Wildman–Crippen MR) is 78.8 cm³/mol. The monoisotopic (exact) mass is 286 g/mol. The summed E-state index contributed by atoms with van der Waals surface area (Å²) in [5.74, 6) is -1.92. The molecule has 0 spiro atoms. The molecule has 0 aliphatic rings. The van der Waals surface area contributed by atoms with Crippen LogP contribution in [0.1, 0.15) is 12.7 Å². The van der Waals surface area contributed by atoms with Crippen LogP contribution < -0.4 is 0 Å². The van der Waals surface area contributed by atoms with E-state index in [9.17, 15) is 15.0 Å². The number of aliphatic hydroxyl groups is 2. The number of nitrogens with zero attached hydrogens (tertiary/aromatic N) is 1. The Kier molecular flexibility index (Phi) is 3.80. The molecule has 0 fully saturated rings. The number of fused-ring (bicyclic) bond motifs is 1. The number of H-pyrrole nitrogens is 1. The highest BCUT2D eigenvalue weighted by Crippen LogP contribution is 2.20. The largest absolute Gasteiger partial charge is 0.508 e. The maximum atomic E-state index is 10.9. The predicted octanol–water partition coefficient (Wildman–Crippen LogP) is 2.93.